The molecule has 0 atom stereocenters. The molecule has 0 spiro atoms. The van der Waals surface area contributed by atoms with E-state index in [-0.39, 0.29) is 0 Å². The Morgan fingerprint density at radius 1 is 1.07 bits per heavy atom. The molecule has 0 N–H and O–H groups in total. The van der Waals surface area contributed by atoms with Crippen LogP contribution in [0.1, 0.15) is 41.1 Å². The Labute approximate surface area is 161 Å². The van der Waals surface area contributed by atoms with Gasteiger partial charge in [0, 0.05) is 35.9 Å². The molecule has 4 nitrogen and oxygen atoms in total. The van der Waals surface area contributed by atoms with Gasteiger partial charge in [-0.15, -0.1) is 0 Å². The Morgan fingerprint density at radius 2 is 1.89 bits per heavy atom. The topological polar surface area (TPSA) is 38.2 Å². The molecule has 0 unspecified atom stereocenters. The number of benzene rings is 1. The number of aromatic nitrogens is 2. The largest absolute Gasteiger partial charge is 0.496 e. The number of methoxy groups -OCH3 is 1. The van der Waals surface area contributed by atoms with Crippen molar-refractivity contribution in [1.82, 2.24) is 14.9 Å². The summed E-state index contributed by atoms with van der Waals surface area (Å²) >= 11 is 0. The summed E-state index contributed by atoms with van der Waals surface area (Å²) in [4.78, 5) is 11.8. The number of piperidine rings is 1. The summed E-state index contributed by atoms with van der Waals surface area (Å²) in [6, 6.07) is 10.5. The van der Waals surface area contributed by atoms with E-state index in [0.29, 0.717) is 5.92 Å². The Bertz CT molecular complexity index is 946. The third kappa shape index (κ3) is 3.67. The van der Waals surface area contributed by atoms with E-state index in [1.165, 1.54) is 22.4 Å². The van der Waals surface area contributed by atoms with Crippen LogP contribution in [0.4, 0.5) is 0 Å². The minimum atomic E-state index is 0.534. The molecule has 1 fully saturated rings. The standard InChI is InChI=1S/C23H27N3O/c1-16-17(2)23(27-3)7-6-20(16)15-26-11-8-18(9-12-26)21-13-22-19(14-25-21)5-4-10-24-22/h4-7,10,13-14,18H,8-9,11-12,15H2,1-3H3. The monoisotopic (exact) mass is 361 g/mol. The number of fused-ring (bicyclic) bond motifs is 1. The van der Waals surface area contributed by atoms with Crippen LogP contribution < -0.4 is 4.74 Å². The van der Waals surface area contributed by atoms with Crippen LogP contribution in [0.3, 0.4) is 0 Å². The van der Waals surface area contributed by atoms with Gasteiger partial charge in [0.15, 0.2) is 0 Å². The lowest BCUT2D eigenvalue weighted by Crippen LogP contribution is -2.33. The van der Waals surface area contributed by atoms with Gasteiger partial charge >= 0.3 is 0 Å². The van der Waals surface area contributed by atoms with Crippen LogP contribution in [-0.2, 0) is 6.54 Å². The molecular weight excluding hydrogens is 334 g/mol. The first-order valence-electron chi connectivity index (χ1n) is 9.72. The molecule has 140 valence electrons. The first kappa shape index (κ1) is 17.9. The van der Waals surface area contributed by atoms with Gasteiger partial charge < -0.3 is 4.74 Å². The normalized spacial score (nSPS) is 16.0. The number of rotatable bonds is 4. The van der Waals surface area contributed by atoms with Crippen molar-refractivity contribution >= 4 is 10.9 Å². The fourth-order valence-corrected chi connectivity index (χ4v) is 4.08. The lowest BCUT2D eigenvalue weighted by Gasteiger charge is -2.32. The number of ether oxygens (including phenoxy) is 1. The van der Waals surface area contributed by atoms with Crippen LogP contribution in [0.5, 0.6) is 5.75 Å². The molecule has 4 heteroatoms. The summed E-state index contributed by atoms with van der Waals surface area (Å²) < 4.78 is 5.44. The summed E-state index contributed by atoms with van der Waals surface area (Å²) in [5.41, 5.74) is 6.24. The summed E-state index contributed by atoms with van der Waals surface area (Å²) in [7, 11) is 1.74. The average Bonchev–Trinajstić information content (AvgIpc) is 2.72. The highest BCUT2D eigenvalue weighted by atomic mass is 16.5. The first-order valence-corrected chi connectivity index (χ1v) is 9.72. The Morgan fingerprint density at radius 3 is 2.67 bits per heavy atom. The number of pyridine rings is 2. The zero-order chi connectivity index (χ0) is 18.8. The van der Waals surface area contributed by atoms with E-state index >= 15 is 0 Å². The second kappa shape index (κ2) is 7.65. The molecular formula is C23H27N3O. The highest BCUT2D eigenvalue weighted by Crippen LogP contribution is 2.30. The van der Waals surface area contributed by atoms with Crippen LogP contribution in [-0.4, -0.2) is 35.1 Å². The summed E-state index contributed by atoms with van der Waals surface area (Å²) in [6.07, 6.45) is 6.13. The van der Waals surface area contributed by atoms with Gasteiger partial charge in [0.1, 0.15) is 5.75 Å². The zero-order valence-corrected chi connectivity index (χ0v) is 16.4. The number of hydrogen-bond acceptors (Lipinski definition) is 4. The van der Waals surface area contributed by atoms with Gasteiger partial charge in [-0.3, -0.25) is 14.9 Å². The molecule has 3 aromatic rings. The van der Waals surface area contributed by atoms with Gasteiger partial charge in [0.05, 0.1) is 12.6 Å². The van der Waals surface area contributed by atoms with Crippen molar-refractivity contribution in [2.45, 2.75) is 39.2 Å². The number of likely N-dealkylation sites (tertiary alicyclic amines) is 1. The quantitative estimate of drug-likeness (QED) is 0.679. The number of nitrogens with zero attached hydrogens (tertiary/aromatic N) is 3. The third-order valence-electron chi connectivity index (χ3n) is 5.98. The van der Waals surface area contributed by atoms with Crippen LogP contribution in [0.2, 0.25) is 0 Å². The van der Waals surface area contributed by atoms with Gasteiger partial charge in [-0.05, 0) is 80.7 Å². The summed E-state index contributed by atoms with van der Waals surface area (Å²) in [6.45, 7) is 7.57. The van der Waals surface area contributed by atoms with Gasteiger partial charge in [-0.2, -0.15) is 0 Å². The van der Waals surface area contributed by atoms with E-state index in [0.717, 1.165) is 49.1 Å². The molecule has 1 aliphatic rings. The molecule has 3 heterocycles. The van der Waals surface area contributed by atoms with E-state index in [1.807, 2.05) is 18.5 Å². The Kier molecular flexibility index (Phi) is 5.08. The Hall–Kier alpha value is -2.46. The van der Waals surface area contributed by atoms with Crippen molar-refractivity contribution in [2.24, 2.45) is 0 Å². The van der Waals surface area contributed by atoms with E-state index in [2.05, 4.69) is 48.0 Å². The van der Waals surface area contributed by atoms with Crippen molar-refractivity contribution in [3.05, 3.63) is 65.1 Å². The van der Waals surface area contributed by atoms with E-state index < -0.39 is 0 Å². The molecule has 0 aliphatic carbocycles. The molecule has 4 rings (SSSR count). The van der Waals surface area contributed by atoms with Crippen LogP contribution in [0.25, 0.3) is 10.9 Å². The van der Waals surface area contributed by atoms with Crippen molar-refractivity contribution in [3.8, 4) is 5.75 Å². The fourth-order valence-electron chi connectivity index (χ4n) is 4.08. The summed E-state index contributed by atoms with van der Waals surface area (Å²) in [5, 5.41) is 1.11. The maximum absolute atomic E-state index is 5.44. The van der Waals surface area contributed by atoms with Gasteiger partial charge in [-0.1, -0.05) is 6.07 Å². The van der Waals surface area contributed by atoms with E-state index in [9.17, 15) is 0 Å². The Balaban J connectivity index is 1.42. The zero-order valence-electron chi connectivity index (χ0n) is 16.4. The van der Waals surface area contributed by atoms with Crippen molar-refractivity contribution in [2.75, 3.05) is 20.2 Å². The maximum atomic E-state index is 5.44. The molecule has 2 aromatic heterocycles. The highest BCUT2D eigenvalue weighted by molar-refractivity contribution is 5.77. The van der Waals surface area contributed by atoms with Crippen molar-refractivity contribution in [3.63, 3.8) is 0 Å². The predicted octanol–water partition coefficient (Wildman–Crippen LogP) is 4.63. The molecule has 0 bridgehead atoms. The maximum Gasteiger partial charge on any atom is 0.122 e. The van der Waals surface area contributed by atoms with Crippen LogP contribution in [0, 0.1) is 13.8 Å². The van der Waals surface area contributed by atoms with Crippen molar-refractivity contribution < 1.29 is 4.74 Å². The minimum absolute atomic E-state index is 0.534. The van der Waals surface area contributed by atoms with Gasteiger partial charge in [-0.25, -0.2) is 0 Å². The summed E-state index contributed by atoms with van der Waals surface area (Å²) in [5.74, 6) is 1.51. The molecule has 0 amide bonds. The van der Waals surface area contributed by atoms with Gasteiger partial charge in [0.25, 0.3) is 0 Å². The SMILES string of the molecule is COc1ccc(CN2CCC(c3cc4ncccc4cn3)CC2)c(C)c1C. The molecule has 0 saturated carbocycles. The molecule has 0 radical (unpaired) electrons. The predicted molar refractivity (Wildman–Crippen MR) is 109 cm³/mol. The van der Waals surface area contributed by atoms with Gasteiger partial charge in [0.2, 0.25) is 0 Å². The lowest BCUT2D eigenvalue weighted by atomic mass is 9.92. The van der Waals surface area contributed by atoms with Crippen molar-refractivity contribution in [1.29, 1.82) is 0 Å². The second-order valence-electron chi connectivity index (χ2n) is 7.53. The van der Waals surface area contributed by atoms with Crippen LogP contribution >= 0.6 is 0 Å². The first-order chi connectivity index (χ1) is 13.2. The lowest BCUT2D eigenvalue weighted by molar-refractivity contribution is 0.203. The molecule has 1 aliphatic heterocycles. The molecule has 1 saturated heterocycles. The molecule has 1 aromatic carbocycles. The second-order valence-corrected chi connectivity index (χ2v) is 7.53. The molecule has 27 heavy (non-hydrogen) atoms. The third-order valence-corrected chi connectivity index (χ3v) is 5.98. The van der Waals surface area contributed by atoms with Crippen LogP contribution in [0.15, 0.2) is 42.7 Å². The smallest absolute Gasteiger partial charge is 0.122 e. The highest BCUT2D eigenvalue weighted by Gasteiger charge is 2.22. The fraction of sp³-hybridized carbons (Fsp3) is 0.391. The van der Waals surface area contributed by atoms with E-state index in [4.69, 9.17) is 9.72 Å². The number of hydrogen-bond donors (Lipinski definition) is 0. The minimum Gasteiger partial charge on any atom is -0.496 e. The average molecular weight is 361 g/mol. The van der Waals surface area contributed by atoms with E-state index in [1.54, 1.807) is 7.11 Å².